The SMILES string of the molecule is CN(Cc1ccc(Cl)s1)C(=O)CN1CCNCC1c1cccnc1.Cl. The monoisotopic (exact) mass is 400 g/mol. The van der Waals surface area contributed by atoms with Crippen LogP contribution in [0.3, 0.4) is 0 Å². The highest BCUT2D eigenvalue weighted by molar-refractivity contribution is 7.16. The molecule has 1 atom stereocenters. The maximum Gasteiger partial charge on any atom is 0.236 e. The van der Waals surface area contributed by atoms with Crippen molar-refractivity contribution in [3.63, 3.8) is 0 Å². The minimum Gasteiger partial charge on any atom is -0.340 e. The van der Waals surface area contributed by atoms with Gasteiger partial charge in [0.25, 0.3) is 0 Å². The summed E-state index contributed by atoms with van der Waals surface area (Å²) >= 11 is 7.48. The van der Waals surface area contributed by atoms with Crippen molar-refractivity contribution in [3.8, 4) is 0 Å². The first-order valence-corrected chi connectivity index (χ1v) is 9.16. The summed E-state index contributed by atoms with van der Waals surface area (Å²) in [6.07, 6.45) is 3.65. The van der Waals surface area contributed by atoms with Crippen LogP contribution in [-0.2, 0) is 11.3 Å². The van der Waals surface area contributed by atoms with Crippen LogP contribution in [0.1, 0.15) is 16.5 Å². The van der Waals surface area contributed by atoms with Gasteiger partial charge < -0.3 is 10.2 Å². The standard InChI is InChI=1S/C17H21ClN4OS.ClH/c1-21(11-14-4-5-16(18)24-14)17(23)12-22-8-7-20-10-15(22)13-3-2-6-19-9-13;/h2-6,9,15,20H,7-8,10-12H2,1H3;1H. The second-order valence-corrected chi connectivity index (χ2v) is 7.73. The molecule has 5 nitrogen and oxygen atoms in total. The molecule has 1 aliphatic rings. The molecule has 2 aromatic rings. The van der Waals surface area contributed by atoms with Crippen LogP contribution < -0.4 is 5.32 Å². The number of amides is 1. The third kappa shape index (κ3) is 5.39. The number of thiophene rings is 1. The van der Waals surface area contributed by atoms with Gasteiger partial charge in [-0.3, -0.25) is 14.7 Å². The average molecular weight is 401 g/mol. The number of nitrogens with one attached hydrogen (secondary N) is 1. The van der Waals surface area contributed by atoms with E-state index in [9.17, 15) is 4.79 Å². The summed E-state index contributed by atoms with van der Waals surface area (Å²) in [5.74, 6) is 0.121. The summed E-state index contributed by atoms with van der Waals surface area (Å²) in [6.45, 7) is 3.60. The van der Waals surface area contributed by atoms with Crippen molar-refractivity contribution in [3.05, 3.63) is 51.4 Å². The van der Waals surface area contributed by atoms with E-state index in [1.54, 1.807) is 11.1 Å². The lowest BCUT2D eigenvalue weighted by molar-refractivity contribution is -0.132. The Morgan fingerprint density at radius 1 is 1.48 bits per heavy atom. The zero-order valence-electron chi connectivity index (χ0n) is 14.0. The molecule has 136 valence electrons. The number of rotatable bonds is 5. The van der Waals surface area contributed by atoms with Gasteiger partial charge in [-0.1, -0.05) is 17.7 Å². The Labute approximate surface area is 163 Å². The Bertz CT molecular complexity index is 682. The van der Waals surface area contributed by atoms with Gasteiger partial charge in [-0.25, -0.2) is 0 Å². The first kappa shape index (κ1) is 20.1. The van der Waals surface area contributed by atoms with Crippen LogP contribution in [0.15, 0.2) is 36.7 Å². The smallest absolute Gasteiger partial charge is 0.236 e. The van der Waals surface area contributed by atoms with Gasteiger partial charge in [0.2, 0.25) is 5.91 Å². The maximum absolute atomic E-state index is 12.6. The molecule has 0 spiro atoms. The zero-order chi connectivity index (χ0) is 16.9. The molecule has 0 aliphatic carbocycles. The molecule has 0 saturated carbocycles. The quantitative estimate of drug-likeness (QED) is 0.837. The molecule has 1 amide bonds. The van der Waals surface area contributed by atoms with E-state index in [-0.39, 0.29) is 24.4 Å². The molecule has 1 unspecified atom stereocenters. The predicted octanol–water partition coefficient (Wildman–Crippen LogP) is 2.82. The van der Waals surface area contributed by atoms with E-state index in [4.69, 9.17) is 11.6 Å². The lowest BCUT2D eigenvalue weighted by atomic mass is 10.1. The number of carbonyl (C=O) groups excluding carboxylic acids is 1. The normalized spacial score (nSPS) is 17.8. The van der Waals surface area contributed by atoms with Gasteiger partial charge >= 0.3 is 0 Å². The number of halogens is 2. The Morgan fingerprint density at radius 2 is 2.32 bits per heavy atom. The first-order valence-electron chi connectivity index (χ1n) is 7.96. The zero-order valence-corrected chi connectivity index (χ0v) is 16.4. The number of pyridine rings is 1. The topological polar surface area (TPSA) is 48.5 Å². The summed E-state index contributed by atoms with van der Waals surface area (Å²) < 4.78 is 0.754. The van der Waals surface area contributed by atoms with Crippen LogP contribution in [0.4, 0.5) is 0 Å². The Balaban J connectivity index is 0.00000225. The summed E-state index contributed by atoms with van der Waals surface area (Å²) in [7, 11) is 1.84. The summed E-state index contributed by atoms with van der Waals surface area (Å²) in [6, 6.07) is 8.03. The average Bonchev–Trinajstić information content (AvgIpc) is 3.01. The van der Waals surface area contributed by atoms with Gasteiger partial charge in [0.1, 0.15) is 0 Å². The molecule has 2 aromatic heterocycles. The van der Waals surface area contributed by atoms with E-state index < -0.39 is 0 Å². The molecular weight excluding hydrogens is 379 g/mol. The highest BCUT2D eigenvalue weighted by Gasteiger charge is 2.26. The highest BCUT2D eigenvalue weighted by atomic mass is 35.5. The molecule has 1 aliphatic heterocycles. The van der Waals surface area contributed by atoms with Crippen LogP contribution in [0.25, 0.3) is 0 Å². The van der Waals surface area contributed by atoms with Gasteiger partial charge in [-0.15, -0.1) is 23.7 Å². The lowest BCUT2D eigenvalue weighted by Crippen LogP contribution is -2.49. The van der Waals surface area contributed by atoms with Crippen LogP contribution >= 0.6 is 35.3 Å². The first-order chi connectivity index (χ1) is 11.6. The Morgan fingerprint density at radius 3 is 3.00 bits per heavy atom. The highest BCUT2D eigenvalue weighted by Crippen LogP contribution is 2.23. The molecular formula is C17H22Cl2N4OS. The second-order valence-electron chi connectivity index (χ2n) is 5.93. The molecule has 1 N–H and O–H groups in total. The van der Waals surface area contributed by atoms with Crippen molar-refractivity contribution in [2.45, 2.75) is 12.6 Å². The summed E-state index contributed by atoms with van der Waals surface area (Å²) in [5, 5.41) is 3.40. The van der Waals surface area contributed by atoms with Gasteiger partial charge in [0.15, 0.2) is 0 Å². The molecule has 8 heteroatoms. The van der Waals surface area contributed by atoms with E-state index in [0.29, 0.717) is 13.1 Å². The molecule has 1 saturated heterocycles. The number of hydrogen-bond acceptors (Lipinski definition) is 5. The van der Waals surface area contributed by atoms with Crippen molar-refractivity contribution in [2.24, 2.45) is 0 Å². The minimum atomic E-state index is 0. The number of nitrogens with zero attached hydrogens (tertiary/aromatic N) is 3. The fraction of sp³-hybridized carbons (Fsp3) is 0.412. The van der Waals surface area contributed by atoms with E-state index >= 15 is 0 Å². The Kier molecular flexibility index (Phi) is 7.65. The molecule has 1 fully saturated rings. The van der Waals surface area contributed by atoms with Crippen LogP contribution in [0, 0.1) is 0 Å². The van der Waals surface area contributed by atoms with Gasteiger partial charge in [-0.2, -0.15) is 0 Å². The van der Waals surface area contributed by atoms with Crippen molar-refractivity contribution in [1.82, 2.24) is 20.1 Å². The van der Waals surface area contributed by atoms with Crippen molar-refractivity contribution in [1.29, 1.82) is 0 Å². The number of hydrogen-bond donors (Lipinski definition) is 1. The fourth-order valence-electron chi connectivity index (χ4n) is 2.89. The van der Waals surface area contributed by atoms with E-state index in [2.05, 4.69) is 21.3 Å². The minimum absolute atomic E-state index is 0. The van der Waals surface area contributed by atoms with Crippen LogP contribution in [-0.4, -0.2) is 53.9 Å². The van der Waals surface area contributed by atoms with E-state index in [0.717, 1.165) is 34.4 Å². The van der Waals surface area contributed by atoms with Gasteiger partial charge in [0, 0.05) is 50.0 Å². The molecule has 0 radical (unpaired) electrons. The predicted molar refractivity (Wildman–Crippen MR) is 104 cm³/mol. The van der Waals surface area contributed by atoms with E-state index in [1.165, 1.54) is 11.3 Å². The second kappa shape index (κ2) is 9.50. The third-order valence-corrected chi connectivity index (χ3v) is 5.43. The van der Waals surface area contributed by atoms with Crippen molar-refractivity contribution in [2.75, 3.05) is 33.2 Å². The summed E-state index contributed by atoms with van der Waals surface area (Å²) in [5.41, 5.74) is 1.14. The number of aromatic nitrogens is 1. The Hall–Kier alpha value is -1.18. The maximum atomic E-state index is 12.6. The fourth-order valence-corrected chi connectivity index (χ4v) is 4.03. The summed E-state index contributed by atoms with van der Waals surface area (Å²) in [4.78, 5) is 21.9. The molecule has 0 aromatic carbocycles. The number of piperazine rings is 1. The van der Waals surface area contributed by atoms with Crippen molar-refractivity contribution >= 4 is 41.3 Å². The third-order valence-electron chi connectivity index (χ3n) is 4.21. The largest absolute Gasteiger partial charge is 0.340 e. The van der Waals surface area contributed by atoms with Crippen LogP contribution in [0.2, 0.25) is 4.34 Å². The molecule has 3 heterocycles. The van der Waals surface area contributed by atoms with Gasteiger partial charge in [0.05, 0.1) is 17.4 Å². The number of carbonyl (C=O) groups is 1. The van der Waals surface area contributed by atoms with Gasteiger partial charge in [-0.05, 0) is 23.8 Å². The molecule has 0 bridgehead atoms. The van der Waals surface area contributed by atoms with E-state index in [1.807, 2.05) is 31.4 Å². The van der Waals surface area contributed by atoms with Crippen LogP contribution in [0.5, 0.6) is 0 Å². The molecule has 3 rings (SSSR count). The number of likely N-dealkylation sites (N-methyl/N-ethyl adjacent to an activating group) is 1. The molecule has 25 heavy (non-hydrogen) atoms. The van der Waals surface area contributed by atoms with Crippen molar-refractivity contribution < 1.29 is 4.79 Å². The lowest BCUT2D eigenvalue weighted by Gasteiger charge is -2.36.